The van der Waals surface area contributed by atoms with Gasteiger partial charge in [0.2, 0.25) is 0 Å². The summed E-state index contributed by atoms with van der Waals surface area (Å²) in [6.45, 7) is 4.30. The van der Waals surface area contributed by atoms with Crippen LogP contribution in [0.4, 0.5) is 4.39 Å². The number of carbonyl (C=O) groups excluding carboxylic acids is 2. The molecule has 2 aromatic carbocycles. The molecule has 202 valence electrons. The zero-order valence-electron chi connectivity index (χ0n) is 21.9. The van der Waals surface area contributed by atoms with Gasteiger partial charge >= 0.3 is 5.97 Å². The molecule has 2 aromatic rings. The van der Waals surface area contributed by atoms with Crippen molar-refractivity contribution in [1.29, 1.82) is 0 Å². The molecule has 1 aliphatic carbocycles. The molecule has 1 N–H and O–H groups in total. The maximum Gasteiger partial charge on any atom is 0.336 e. The predicted molar refractivity (Wildman–Crippen MR) is 141 cm³/mol. The van der Waals surface area contributed by atoms with Gasteiger partial charge in [-0.2, -0.15) is 0 Å². The third-order valence-electron chi connectivity index (χ3n) is 6.88. The molecule has 9 heteroatoms. The number of Topliss-reactive ketones (excluding diaryl/α,β-unsaturated/α-hetero) is 1. The van der Waals surface area contributed by atoms with Crippen molar-refractivity contribution < 1.29 is 32.9 Å². The van der Waals surface area contributed by atoms with E-state index in [2.05, 4.69) is 5.32 Å². The van der Waals surface area contributed by atoms with E-state index in [1.807, 2.05) is 19.1 Å². The Morgan fingerprint density at radius 2 is 1.87 bits per heavy atom. The van der Waals surface area contributed by atoms with Gasteiger partial charge in [-0.25, -0.2) is 9.18 Å². The number of hydrogen-bond donors (Lipinski definition) is 1. The number of ketones is 1. The Hall–Kier alpha value is -3.36. The predicted octanol–water partition coefficient (Wildman–Crippen LogP) is 5.44. The normalized spacial score (nSPS) is 19.2. The molecule has 0 spiro atoms. The third-order valence-corrected chi connectivity index (χ3v) is 7.21. The smallest absolute Gasteiger partial charge is 0.336 e. The van der Waals surface area contributed by atoms with Crippen LogP contribution in [0, 0.1) is 5.82 Å². The lowest BCUT2D eigenvalue weighted by atomic mass is 9.71. The van der Waals surface area contributed by atoms with Gasteiger partial charge in [0.25, 0.3) is 0 Å². The van der Waals surface area contributed by atoms with Crippen molar-refractivity contribution in [3.05, 3.63) is 80.9 Å². The molecular formula is C29H31ClFNO6. The number of rotatable bonds is 9. The van der Waals surface area contributed by atoms with E-state index in [0.717, 1.165) is 5.56 Å². The zero-order valence-corrected chi connectivity index (χ0v) is 22.6. The molecule has 0 radical (unpaired) electrons. The van der Waals surface area contributed by atoms with Gasteiger partial charge in [-0.1, -0.05) is 23.7 Å². The van der Waals surface area contributed by atoms with E-state index < -0.39 is 17.7 Å². The number of esters is 1. The molecule has 0 bridgehead atoms. The van der Waals surface area contributed by atoms with Crippen LogP contribution in [0.5, 0.6) is 11.5 Å². The van der Waals surface area contributed by atoms with Crippen molar-refractivity contribution in [2.45, 2.75) is 38.5 Å². The number of methoxy groups -OCH3 is 2. The molecule has 0 unspecified atom stereocenters. The number of allylic oxidation sites excluding steroid dienone is 3. The molecule has 4 rings (SSSR count). The molecule has 1 aliphatic heterocycles. The Bertz CT molecular complexity index is 1280. The highest BCUT2D eigenvalue weighted by molar-refractivity contribution is 6.31. The van der Waals surface area contributed by atoms with Crippen molar-refractivity contribution in [2.24, 2.45) is 0 Å². The van der Waals surface area contributed by atoms with Gasteiger partial charge in [0.05, 0.1) is 32.3 Å². The summed E-state index contributed by atoms with van der Waals surface area (Å²) in [5, 5.41) is 3.39. The lowest BCUT2D eigenvalue weighted by molar-refractivity contribution is -0.140. The molecule has 0 saturated carbocycles. The first-order chi connectivity index (χ1) is 18.3. The van der Waals surface area contributed by atoms with Crippen molar-refractivity contribution in [3.8, 4) is 11.5 Å². The fraction of sp³-hybridized carbons (Fsp3) is 0.379. The summed E-state index contributed by atoms with van der Waals surface area (Å²) in [6.07, 6.45) is 0.646. The van der Waals surface area contributed by atoms with Crippen LogP contribution in [0.25, 0.3) is 0 Å². The highest BCUT2D eigenvalue weighted by Gasteiger charge is 2.43. The SMILES string of the molecule is CCOCCOC(=O)C1=C(C)NC2=C(C(=O)C[C@@H](c3ccc(OC)c(OC)c3)C2)[C@@H]1c1c(F)cccc1Cl. The number of dihydropyridines is 1. The second-order valence-corrected chi connectivity index (χ2v) is 9.51. The number of ether oxygens (including phenoxy) is 4. The van der Waals surface area contributed by atoms with Crippen molar-refractivity contribution in [3.63, 3.8) is 0 Å². The molecule has 0 saturated heterocycles. The van der Waals surface area contributed by atoms with E-state index >= 15 is 4.39 Å². The van der Waals surface area contributed by atoms with E-state index in [1.165, 1.54) is 12.1 Å². The number of nitrogens with one attached hydrogen (secondary N) is 1. The molecule has 38 heavy (non-hydrogen) atoms. The largest absolute Gasteiger partial charge is 0.493 e. The van der Waals surface area contributed by atoms with Crippen LogP contribution < -0.4 is 14.8 Å². The first-order valence-electron chi connectivity index (χ1n) is 12.4. The first kappa shape index (κ1) is 27.7. The van der Waals surface area contributed by atoms with E-state index in [9.17, 15) is 9.59 Å². The van der Waals surface area contributed by atoms with Crippen LogP contribution in [-0.2, 0) is 19.1 Å². The zero-order chi connectivity index (χ0) is 27.4. The van der Waals surface area contributed by atoms with Crippen molar-refractivity contribution >= 4 is 23.4 Å². The summed E-state index contributed by atoms with van der Waals surface area (Å²) in [7, 11) is 3.12. The van der Waals surface area contributed by atoms with Crippen LogP contribution in [0.3, 0.4) is 0 Å². The maximum absolute atomic E-state index is 15.3. The Morgan fingerprint density at radius 3 is 2.55 bits per heavy atom. The van der Waals surface area contributed by atoms with Crippen LogP contribution in [0.2, 0.25) is 5.02 Å². The molecule has 0 aromatic heterocycles. The van der Waals surface area contributed by atoms with Crippen LogP contribution in [-0.4, -0.2) is 45.8 Å². The topological polar surface area (TPSA) is 83.1 Å². The van der Waals surface area contributed by atoms with Gasteiger partial charge in [0.1, 0.15) is 12.4 Å². The van der Waals surface area contributed by atoms with Crippen molar-refractivity contribution in [1.82, 2.24) is 5.32 Å². The van der Waals surface area contributed by atoms with Gasteiger partial charge in [0, 0.05) is 40.6 Å². The Morgan fingerprint density at radius 1 is 1.11 bits per heavy atom. The molecule has 7 nitrogen and oxygen atoms in total. The summed E-state index contributed by atoms with van der Waals surface area (Å²) in [6, 6.07) is 9.89. The molecule has 1 heterocycles. The lowest BCUT2D eigenvalue weighted by Gasteiger charge is -2.37. The minimum Gasteiger partial charge on any atom is -0.493 e. The Kier molecular flexibility index (Phi) is 8.74. The van der Waals surface area contributed by atoms with Gasteiger partial charge in [-0.15, -0.1) is 0 Å². The van der Waals surface area contributed by atoms with Gasteiger partial charge < -0.3 is 24.3 Å². The highest BCUT2D eigenvalue weighted by atomic mass is 35.5. The Labute approximate surface area is 226 Å². The van der Waals surface area contributed by atoms with Crippen LogP contribution in [0.1, 0.15) is 49.7 Å². The van der Waals surface area contributed by atoms with Crippen LogP contribution >= 0.6 is 11.6 Å². The summed E-state index contributed by atoms with van der Waals surface area (Å²) in [5.41, 5.74) is 2.59. The van der Waals surface area contributed by atoms with Gasteiger partial charge in [0.15, 0.2) is 17.3 Å². The molecule has 0 fully saturated rings. The fourth-order valence-corrected chi connectivity index (χ4v) is 5.41. The summed E-state index contributed by atoms with van der Waals surface area (Å²) in [4.78, 5) is 27.0. The number of halogens is 2. The van der Waals surface area contributed by atoms with Gasteiger partial charge in [-0.3, -0.25) is 4.79 Å². The quantitative estimate of drug-likeness (QED) is 0.333. The minimum atomic E-state index is -1.00. The van der Waals surface area contributed by atoms with E-state index in [1.54, 1.807) is 33.3 Å². The minimum absolute atomic E-state index is 0.0302. The second-order valence-electron chi connectivity index (χ2n) is 9.10. The summed E-state index contributed by atoms with van der Waals surface area (Å²) in [5.74, 6) is -1.45. The van der Waals surface area contributed by atoms with E-state index in [4.69, 9.17) is 30.5 Å². The fourth-order valence-electron chi connectivity index (χ4n) is 5.14. The second kappa shape index (κ2) is 12.0. The van der Waals surface area contributed by atoms with Crippen LogP contribution in [0.15, 0.2) is 58.9 Å². The Balaban J connectivity index is 1.75. The number of benzene rings is 2. The average molecular weight is 544 g/mol. The first-order valence-corrected chi connectivity index (χ1v) is 12.8. The standard InChI is InChI=1S/C29H31ClFNO6/c1-5-37-11-12-38-29(34)25-16(2)32-21-13-18(17-9-10-23(35-3)24(15-17)36-4)14-22(33)27(21)28(25)26-19(30)7-6-8-20(26)31/h6-10,15,18,28,32H,5,11-14H2,1-4H3/t18-,28-/m0/s1. The molecule has 0 amide bonds. The lowest BCUT2D eigenvalue weighted by Crippen LogP contribution is -2.36. The monoisotopic (exact) mass is 543 g/mol. The number of hydrogen-bond acceptors (Lipinski definition) is 7. The van der Waals surface area contributed by atoms with E-state index in [0.29, 0.717) is 41.5 Å². The van der Waals surface area contributed by atoms with Crippen molar-refractivity contribution in [2.75, 3.05) is 34.0 Å². The van der Waals surface area contributed by atoms with Gasteiger partial charge in [-0.05, 0) is 56.0 Å². The highest BCUT2D eigenvalue weighted by Crippen LogP contribution is 2.48. The third kappa shape index (κ3) is 5.42. The maximum atomic E-state index is 15.3. The molecule has 2 aliphatic rings. The molecule has 2 atom stereocenters. The number of carbonyl (C=O) groups is 2. The summed E-state index contributed by atoms with van der Waals surface area (Å²) >= 11 is 6.48. The molecular weight excluding hydrogens is 513 g/mol. The van der Waals surface area contributed by atoms with E-state index in [-0.39, 0.29) is 47.5 Å². The summed E-state index contributed by atoms with van der Waals surface area (Å²) < 4.78 is 36.8. The average Bonchev–Trinajstić information content (AvgIpc) is 2.90.